The highest BCUT2D eigenvalue weighted by Crippen LogP contribution is 2.42. The Hall–Kier alpha value is -1.06. The first kappa shape index (κ1) is 17.3. The van der Waals surface area contributed by atoms with E-state index in [9.17, 15) is 4.79 Å². The molecule has 0 aromatic heterocycles. The molecule has 2 unspecified atom stereocenters. The molecule has 1 aromatic rings. The topological polar surface area (TPSA) is 38.8 Å². The molecule has 4 heteroatoms. The van der Waals surface area contributed by atoms with Gasteiger partial charge in [-0.1, -0.05) is 56.0 Å². The fourth-order valence-electron chi connectivity index (χ4n) is 2.88. The van der Waals surface area contributed by atoms with Gasteiger partial charge in [0.15, 0.2) is 5.60 Å². The zero-order chi connectivity index (χ0) is 16.0. The van der Waals surface area contributed by atoms with Crippen molar-refractivity contribution in [2.45, 2.75) is 57.5 Å². The van der Waals surface area contributed by atoms with E-state index in [4.69, 9.17) is 21.1 Å². The molecule has 0 radical (unpaired) electrons. The summed E-state index contributed by atoms with van der Waals surface area (Å²) in [7, 11) is 0. The van der Waals surface area contributed by atoms with Crippen molar-refractivity contribution in [3.05, 3.63) is 34.9 Å². The van der Waals surface area contributed by atoms with Gasteiger partial charge in [-0.3, -0.25) is 0 Å². The van der Waals surface area contributed by atoms with E-state index in [1.807, 2.05) is 25.1 Å². The summed E-state index contributed by atoms with van der Waals surface area (Å²) in [6.45, 7) is 4.85. The Bertz CT molecular complexity index is 497. The maximum Gasteiger partial charge on any atom is 0.340 e. The number of rotatable bonds is 9. The monoisotopic (exact) mass is 324 g/mol. The summed E-state index contributed by atoms with van der Waals surface area (Å²) in [5.41, 5.74) is 0.367. The van der Waals surface area contributed by atoms with Gasteiger partial charge >= 0.3 is 5.97 Å². The van der Waals surface area contributed by atoms with Gasteiger partial charge in [0.05, 0.1) is 13.2 Å². The number of benzene rings is 1. The molecule has 0 saturated carbocycles. The van der Waals surface area contributed by atoms with Crippen molar-refractivity contribution in [1.29, 1.82) is 0 Å². The minimum absolute atomic E-state index is 0.229. The second kappa shape index (κ2) is 7.98. The number of hydrogen-bond donors (Lipinski definition) is 0. The Labute approximate surface area is 137 Å². The number of ether oxygens (including phenoxy) is 2. The summed E-state index contributed by atoms with van der Waals surface area (Å²) in [5, 5.41) is 0.767. The standard InChI is InChI=1S/C18H25ClO3/c1-3-5-6-9-14(15-10-7-8-11-16(15)19)12-18(13-22-18)17(20)21-4-2/h7-8,10-11,14H,3-6,9,12-13H2,1-2H3. The van der Waals surface area contributed by atoms with E-state index in [1.165, 1.54) is 12.8 Å². The van der Waals surface area contributed by atoms with E-state index in [2.05, 4.69) is 13.0 Å². The molecule has 122 valence electrons. The number of carbonyl (C=O) groups is 1. The Balaban J connectivity index is 2.11. The smallest absolute Gasteiger partial charge is 0.340 e. The van der Waals surface area contributed by atoms with Crippen LogP contribution in [0, 0.1) is 0 Å². The molecule has 2 rings (SSSR count). The third kappa shape index (κ3) is 4.23. The molecule has 1 aliphatic rings. The first-order chi connectivity index (χ1) is 10.6. The van der Waals surface area contributed by atoms with Gasteiger partial charge in [-0.2, -0.15) is 0 Å². The summed E-state index contributed by atoms with van der Waals surface area (Å²) in [6.07, 6.45) is 5.16. The SMILES string of the molecule is CCCCCC(CC1(C(=O)OCC)CO1)c1ccccc1Cl. The third-order valence-corrected chi connectivity index (χ3v) is 4.56. The summed E-state index contributed by atoms with van der Waals surface area (Å²) in [4.78, 5) is 12.1. The van der Waals surface area contributed by atoms with Crippen molar-refractivity contribution in [2.24, 2.45) is 0 Å². The van der Waals surface area contributed by atoms with Crippen LogP contribution in [0.4, 0.5) is 0 Å². The first-order valence-electron chi connectivity index (χ1n) is 8.18. The Kier molecular flexibility index (Phi) is 6.27. The predicted molar refractivity (Wildman–Crippen MR) is 88.3 cm³/mol. The van der Waals surface area contributed by atoms with Crippen LogP contribution >= 0.6 is 11.6 Å². The van der Waals surface area contributed by atoms with Gasteiger partial charge in [-0.15, -0.1) is 0 Å². The van der Waals surface area contributed by atoms with Crippen LogP contribution < -0.4 is 0 Å². The zero-order valence-corrected chi connectivity index (χ0v) is 14.2. The highest BCUT2D eigenvalue weighted by Gasteiger charge is 2.54. The number of hydrogen-bond acceptors (Lipinski definition) is 3. The third-order valence-electron chi connectivity index (χ3n) is 4.22. The highest BCUT2D eigenvalue weighted by molar-refractivity contribution is 6.31. The lowest BCUT2D eigenvalue weighted by Gasteiger charge is -2.21. The van der Waals surface area contributed by atoms with Crippen molar-refractivity contribution in [3.8, 4) is 0 Å². The molecule has 3 nitrogen and oxygen atoms in total. The van der Waals surface area contributed by atoms with Crippen LogP contribution in [0.5, 0.6) is 0 Å². The average molecular weight is 325 g/mol. The largest absolute Gasteiger partial charge is 0.464 e. The maximum atomic E-state index is 12.1. The molecule has 0 spiro atoms. The van der Waals surface area contributed by atoms with Crippen molar-refractivity contribution in [1.82, 2.24) is 0 Å². The number of esters is 1. The average Bonchev–Trinajstić information content (AvgIpc) is 3.28. The molecule has 1 aliphatic heterocycles. The van der Waals surface area contributed by atoms with Crippen molar-refractivity contribution >= 4 is 17.6 Å². The van der Waals surface area contributed by atoms with Gasteiger partial charge in [-0.05, 0) is 37.3 Å². The zero-order valence-electron chi connectivity index (χ0n) is 13.4. The Morgan fingerprint density at radius 3 is 2.68 bits per heavy atom. The quantitative estimate of drug-likeness (QED) is 0.374. The lowest BCUT2D eigenvalue weighted by Crippen LogP contribution is -2.29. The molecule has 0 aliphatic carbocycles. The molecule has 0 bridgehead atoms. The van der Waals surface area contributed by atoms with Crippen LogP contribution in [0.2, 0.25) is 5.02 Å². The fraction of sp³-hybridized carbons (Fsp3) is 0.611. The molecular weight excluding hydrogens is 300 g/mol. The van der Waals surface area contributed by atoms with Crippen molar-refractivity contribution in [3.63, 3.8) is 0 Å². The number of epoxide rings is 1. The maximum absolute atomic E-state index is 12.1. The van der Waals surface area contributed by atoms with Crippen LogP contribution in [0.1, 0.15) is 57.4 Å². The molecule has 1 heterocycles. The van der Waals surface area contributed by atoms with Gasteiger partial charge in [0.25, 0.3) is 0 Å². The summed E-state index contributed by atoms with van der Waals surface area (Å²) in [6, 6.07) is 7.90. The van der Waals surface area contributed by atoms with E-state index in [1.54, 1.807) is 0 Å². The van der Waals surface area contributed by atoms with E-state index in [-0.39, 0.29) is 11.9 Å². The second-order valence-electron chi connectivity index (χ2n) is 5.92. The van der Waals surface area contributed by atoms with Gasteiger partial charge in [0.1, 0.15) is 0 Å². The van der Waals surface area contributed by atoms with Crippen molar-refractivity contribution < 1.29 is 14.3 Å². The molecule has 2 atom stereocenters. The Morgan fingerprint density at radius 2 is 2.09 bits per heavy atom. The van der Waals surface area contributed by atoms with E-state index in [0.717, 1.165) is 23.4 Å². The van der Waals surface area contributed by atoms with Crippen LogP contribution in [-0.4, -0.2) is 24.8 Å². The summed E-state index contributed by atoms with van der Waals surface area (Å²) in [5.74, 6) is -0.00491. The van der Waals surface area contributed by atoms with Gasteiger partial charge in [0, 0.05) is 5.02 Å². The highest BCUT2D eigenvalue weighted by atomic mass is 35.5. The Morgan fingerprint density at radius 1 is 1.36 bits per heavy atom. The van der Waals surface area contributed by atoms with E-state index < -0.39 is 5.60 Å². The molecule has 1 fully saturated rings. The normalized spacial score (nSPS) is 21.4. The molecule has 1 saturated heterocycles. The summed E-state index contributed by atoms with van der Waals surface area (Å²) < 4.78 is 10.7. The predicted octanol–water partition coefficient (Wildman–Crippen LogP) is 4.73. The molecule has 1 aromatic carbocycles. The van der Waals surface area contributed by atoms with Crippen LogP contribution in [0.15, 0.2) is 24.3 Å². The van der Waals surface area contributed by atoms with Gasteiger partial charge < -0.3 is 9.47 Å². The number of unbranched alkanes of at least 4 members (excludes halogenated alkanes) is 2. The molecular formula is C18H25ClO3. The minimum atomic E-state index is -0.744. The molecule has 0 N–H and O–H groups in total. The van der Waals surface area contributed by atoms with Gasteiger partial charge in [0.2, 0.25) is 0 Å². The second-order valence-corrected chi connectivity index (χ2v) is 6.33. The van der Waals surface area contributed by atoms with Crippen LogP contribution in [-0.2, 0) is 14.3 Å². The lowest BCUT2D eigenvalue weighted by atomic mass is 9.85. The van der Waals surface area contributed by atoms with Crippen molar-refractivity contribution in [2.75, 3.05) is 13.2 Å². The lowest BCUT2D eigenvalue weighted by molar-refractivity contribution is -0.150. The summed E-state index contributed by atoms with van der Waals surface area (Å²) >= 11 is 6.36. The van der Waals surface area contributed by atoms with Crippen LogP contribution in [0.3, 0.4) is 0 Å². The molecule has 0 amide bonds. The molecule has 22 heavy (non-hydrogen) atoms. The fourth-order valence-corrected chi connectivity index (χ4v) is 3.17. The van der Waals surface area contributed by atoms with Crippen LogP contribution in [0.25, 0.3) is 0 Å². The number of halogens is 1. The van der Waals surface area contributed by atoms with E-state index in [0.29, 0.717) is 19.6 Å². The number of carbonyl (C=O) groups excluding carboxylic acids is 1. The minimum Gasteiger partial charge on any atom is -0.464 e. The van der Waals surface area contributed by atoms with E-state index >= 15 is 0 Å². The first-order valence-corrected chi connectivity index (χ1v) is 8.56. The van der Waals surface area contributed by atoms with Gasteiger partial charge in [-0.25, -0.2) is 4.79 Å².